The number of nitrogens with two attached hydrogens (primary N) is 3. The first-order chi connectivity index (χ1) is 6.16. The van der Waals surface area contributed by atoms with Gasteiger partial charge in [-0.3, -0.25) is 4.99 Å². The average Bonchev–Trinajstić information content (AvgIpc) is 2.02. The lowest BCUT2D eigenvalue weighted by Crippen LogP contribution is -2.26. The molecule has 13 heavy (non-hydrogen) atoms. The zero-order valence-electron chi connectivity index (χ0n) is 7.86. The van der Waals surface area contributed by atoms with E-state index in [0.29, 0.717) is 19.8 Å². The lowest BCUT2D eigenvalue weighted by molar-refractivity contribution is 0.146. The van der Waals surface area contributed by atoms with E-state index in [1.807, 2.05) is 6.92 Å². The molecular weight excluding hydrogens is 170 g/mol. The quantitative estimate of drug-likeness (QED) is 0.291. The largest absolute Gasteiger partial charge is 0.382 e. The Kier molecular flexibility index (Phi) is 6.62. The van der Waals surface area contributed by atoms with E-state index in [1.54, 1.807) is 0 Å². The fourth-order valence-corrected chi connectivity index (χ4v) is 0.672. The first kappa shape index (κ1) is 11.7. The van der Waals surface area contributed by atoms with Gasteiger partial charge < -0.3 is 21.9 Å². The number of hydrogen-bond acceptors (Lipinski definition) is 2. The minimum atomic E-state index is -0.0777. The van der Waals surface area contributed by atoms with Crippen LogP contribution in [0.4, 0.5) is 0 Å². The average molecular weight is 187 g/mol. The lowest BCUT2D eigenvalue weighted by atomic mass is 10.5. The van der Waals surface area contributed by atoms with Gasteiger partial charge in [0, 0.05) is 19.8 Å². The second kappa shape index (κ2) is 7.35. The molecule has 0 heterocycles. The van der Waals surface area contributed by atoms with E-state index < -0.39 is 0 Å². The lowest BCUT2D eigenvalue weighted by Gasteiger charge is -1.98. The third kappa shape index (κ3) is 8.61. The summed E-state index contributed by atoms with van der Waals surface area (Å²) in [5.41, 5.74) is 15.5. The SMILES string of the molecule is CCOCCCN=C(N)N=C(N)N. The highest BCUT2D eigenvalue weighted by Gasteiger charge is 1.89. The van der Waals surface area contributed by atoms with Crippen LogP contribution in [-0.4, -0.2) is 31.7 Å². The molecule has 0 amide bonds. The molecule has 0 aliphatic carbocycles. The molecule has 0 radical (unpaired) electrons. The first-order valence-corrected chi connectivity index (χ1v) is 4.14. The third-order valence-electron chi connectivity index (χ3n) is 1.17. The molecule has 0 bridgehead atoms. The Morgan fingerprint density at radius 3 is 2.54 bits per heavy atom. The molecule has 76 valence electrons. The van der Waals surface area contributed by atoms with Crippen LogP contribution in [0.2, 0.25) is 0 Å². The first-order valence-electron chi connectivity index (χ1n) is 4.14. The highest BCUT2D eigenvalue weighted by molar-refractivity contribution is 5.92. The van der Waals surface area contributed by atoms with Crippen LogP contribution in [0.1, 0.15) is 13.3 Å². The van der Waals surface area contributed by atoms with Crippen molar-refractivity contribution < 1.29 is 4.74 Å². The molecule has 6 nitrogen and oxygen atoms in total. The number of rotatable bonds is 5. The Balaban J connectivity index is 3.54. The summed E-state index contributed by atoms with van der Waals surface area (Å²) in [6.07, 6.45) is 0.814. The molecule has 0 rings (SSSR count). The van der Waals surface area contributed by atoms with Crippen molar-refractivity contribution in [3.63, 3.8) is 0 Å². The maximum absolute atomic E-state index is 5.35. The van der Waals surface area contributed by atoms with E-state index in [-0.39, 0.29) is 11.9 Å². The van der Waals surface area contributed by atoms with Crippen LogP contribution in [0.15, 0.2) is 9.98 Å². The molecule has 0 fully saturated rings. The van der Waals surface area contributed by atoms with Gasteiger partial charge in [0.15, 0.2) is 5.96 Å². The molecule has 0 aliphatic heterocycles. The third-order valence-corrected chi connectivity index (χ3v) is 1.17. The molecule has 0 spiro atoms. The highest BCUT2D eigenvalue weighted by Crippen LogP contribution is 1.84. The van der Waals surface area contributed by atoms with Crippen LogP contribution in [-0.2, 0) is 4.74 Å². The monoisotopic (exact) mass is 187 g/mol. The van der Waals surface area contributed by atoms with Gasteiger partial charge in [0.1, 0.15) is 0 Å². The smallest absolute Gasteiger partial charge is 0.218 e. The van der Waals surface area contributed by atoms with Crippen LogP contribution in [0.3, 0.4) is 0 Å². The number of nitrogens with zero attached hydrogens (tertiary/aromatic N) is 2. The molecule has 0 atom stereocenters. The Labute approximate surface area is 77.9 Å². The number of guanidine groups is 2. The Hall–Kier alpha value is -1.30. The van der Waals surface area contributed by atoms with Gasteiger partial charge in [0.2, 0.25) is 5.96 Å². The number of aliphatic imine (C=N–C) groups is 2. The van der Waals surface area contributed by atoms with Crippen molar-refractivity contribution in [1.29, 1.82) is 0 Å². The summed E-state index contributed by atoms with van der Waals surface area (Å²) in [5.74, 6) is 0.0301. The summed E-state index contributed by atoms with van der Waals surface area (Å²) in [4.78, 5) is 7.46. The predicted molar refractivity (Wildman–Crippen MR) is 53.4 cm³/mol. The second-order valence-corrected chi connectivity index (χ2v) is 2.33. The summed E-state index contributed by atoms with van der Waals surface area (Å²) in [6, 6.07) is 0. The molecule has 0 unspecified atom stereocenters. The summed E-state index contributed by atoms with van der Waals surface area (Å²) in [6.45, 7) is 3.90. The number of ether oxygens (including phenoxy) is 1. The Bertz CT molecular complexity index is 185. The van der Waals surface area contributed by atoms with E-state index in [2.05, 4.69) is 9.98 Å². The van der Waals surface area contributed by atoms with Crippen LogP contribution in [0, 0.1) is 0 Å². The van der Waals surface area contributed by atoms with Crippen molar-refractivity contribution in [2.24, 2.45) is 27.2 Å². The fraction of sp³-hybridized carbons (Fsp3) is 0.714. The topological polar surface area (TPSA) is 112 Å². The molecule has 0 aromatic heterocycles. The van der Waals surface area contributed by atoms with Gasteiger partial charge in [-0.1, -0.05) is 0 Å². The van der Waals surface area contributed by atoms with Crippen molar-refractivity contribution in [3.05, 3.63) is 0 Å². The normalized spacial score (nSPS) is 11.3. The van der Waals surface area contributed by atoms with E-state index >= 15 is 0 Å². The van der Waals surface area contributed by atoms with E-state index in [4.69, 9.17) is 21.9 Å². The van der Waals surface area contributed by atoms with Crippen LogP contribution in [0.5, 0.6) is 0 Å². The molecule has 6 heteroatoms. The van der Waals surface area contributed by atoms with Gasteiger partial charge in [-0.2, -0.15) is 4.99 Å². The second-order valence-electron chi connectivity index (χ2n) is 2.33. The van der Waals surface area contributed by atoms with Gasteiger partial charge in [0.25, 0.3) is 0 Å². The van der Waals surface area contributed by atoms with Crippen LogP contribution >= 0.6 is 0 Å². The summed E-state index contributed by atoms with van der Waals surface area (Å²) < 4.78 is 5.10. The standard InChI is InChI=1S/C7H17N5O/c1-2-13-5-3-4-11-7(10)12-6(8)9/h2-5H2,1H3,(H6,8,9,10,11,12). The molecule has 6 N–H and O–H groups in total. The van der Waals surface area contributed by atoms with E-state index in [9.17, 15) is 0 Å². The van der Waals surface area contributed by atoms with Gasteiger partial charge in [-0.25, -0.2) is 0 Å². The van der Waals surface area contributed by atoms with Crippen molar-refractivity contribution in [2.75, 3.05) is 19.8 Å². The molecular formula is C7H17N5O. The zero-order chi connectivity index (χ0) is 10.1. The van der Waals surface area contributed by atoms with Crippen molar-refractivity contribution in [1.82, 2.24) is 0 Å². The van der Waals surface area contributed by atoms with Crippen molar-refractivity contribution in [2.45, 2.75) is 13.3 Å². The van der Waals surface area contributed by atoms with Gasteiger partial charge in [-0.15, -0.1) is 0 Å². The summed E-state index contributed by atoms with van der Waals surface area (Å²) in [5, 5.41) is 0. The maximum Gasteiger partial charge on any atom is 0.218 e. The maximum atomic E-state index is 5.35. The van der Waals surface area contributed by atoms with Gasteiger partial charge in [-0.05, 0) is 13.3 Å². The van der Waals surface area contributed by atoms with E-state index in [0.717, 1.165) is 6.42 Å². The molecule has 0 saturated heterocycles. The zero-order valence-corrected chi connectivity index (χ0v) is 7.86. The molecule has 0 aromatic carbocycles. The molecule has 0 aromatic rings. The fourth-order valence-electron chi connectivity index (χ4n) is 0.672. The summed E-state index contributed by atoms with van der Waals surface area (Å²) in [7, 11) is 0. The molecule has 0 saturated carbocycles. The summed E-state index contributed by atoms with van der Waals surface area (Å²) >= 11 is 0. The van der Waals surface area contributed by atoms with Crippen LogP contribution in [0.25, 0.3) is 0 Å². The van der Waals surface area contributed by atoms with Crippen molar-refractivity contribution in [3.8, 4) is 0 Å². The minimum absolute atomic E-state index is 0.0777. The van der Waals surface area contributed by atoms with Crippen LogP contribution < -0.4 is 17.2 Å². The minimum Gasteiger partial charge on any atom is -0.382 e. The molecule has 0 aliphatic rings. The van der Waals surface area contributed by atoms with E-state index in [1.165, 1.54) is 0 Å². The van der Waals surface area contributed by atoms with Gasteiger partial charge >= 0.3 is 0 Å². The Morgan fingerprint density at radius 2 is 2.00 bits per heavy atom. The Morgan fingerprint density at radius 1 is 1.31 bits per heavy atom. The highest BCUT2D eigenvalue weighted by atomic mass is 16.5. The number of hydrogen-bond donors (Lipinski definition) is 3. The predicted octanol–water partition coefficient (Wildman–Crippen LogP) is -0.999. The van der Waals surface area contributed by atoms with Crippen molar-refractivity contribution >= 4 is 11.9 Å². The van der Waals surface area contributed by atoms with Gasteiger partial charge in [0.05, 0.1) is 0 Å².